The van der Waals surface area contributed by atoms with E-state index in [2.05, 4.69) is 41.3 Å². The highest BCUT2D eigenvalue weighted by molar-refractivity contribution is 5.93. The first kappa shape index (κ1) is 15.6. The van der Waals surface area contributed by atoms with Crippen LogP contribution in [0.5, 0.6) is 5.75 Å². The molecule has 114 valence electrons. The molecule has 0 aliphatic rings. The first-order chi connectivity index (χ1) is 10.4. The van der Waals surface area contributed by atoms with Gasteiger partial charge in [-0.2, -0.15) is 5.10 Å². The highest BCUT2D eigenvalue weighted by atomic mass is 16.3. The van der Waals surface area contributed by atoms with E-state index in [-0.39, 0.29) is 16.9 Å². The molecule has 1 heterocycles. The van der Waals surface area contributed by atoms with Gasteiger partial charge in [-0.1, -0.05) is 26.8 Å². The normalized spacial score (nSPS) is 11.6. The Hall–Kier alpha value is -2.76. The standard InChI is InChI=1S/C16H18N4O2/c1-16(2,3)12-4-5-14(21)11(8-12)9-19-20-15(22)13-10-17-6-7-18-13/h4-10,21H,1-3H3,(H,20,22). The quantitative estimate of drug-likeness (QED) is 0.672. The lowest BCUT2D eigenvalue weighted by atomic mass is 9.86. The molecule has 0 saturated carbocycles. The molecule has 1 aromatic heterocycles. The van der Waals surface area contributed by atoms with Gasteiger partial charge in [-0.25, -0.2) is 10.4 Å². The van der Waals surface area contributed by atoms with Crippen LogP contribution < -0.4 is 5.43 Å². The minimum atomic E-state index is -0.462. The number of carbonyl (C=O) groups excluding carboxylic acids is 1. The fourth-order valence-corrected chi connectivity index (χ4v) is 1.76. The van der Waals surface area contributed by atoms with Gasteiger partial charge in [0.1, 0.15) is 11.4 Å². The number of aromatic hydroxyl groups is 1. The largest absolute Gasteiger partial charge is 0.507 e. The van der Waals surface area contributed by atoms with Crippen LogP contribution in [0.4, 0.5) is 0 Å². The Morgan fingerprint density at radius 2 is 2.09 bits per heavy atom. The van der Waals surface area contributed by atoms with Crippen LogP contribution in [0.3, 0.4) is 0 Å². The SMILES string of the molecule is CC(C)(C)c1ccc(O)c(C=NNC(=O)c2cnccn2)c1. The third-order valence-corrected chi connectivity index (χ3v) is 3.06. The number of nitrogens with one attached hydrogen (secondary N) is 1. The fourth-order valence-electron chi connectivity index (χ4n) is 1.76. The molecule has 2 aromatic rings. The van der Waals surface area contributed by atoms with Gasteiger partial charge in [-0.15, -0.1) is 0 Å². The maximum atomic E-state index is 11.8. The molecule has 2 N–H and O–H groups in total. The van der Waals surface area contributed by atoms with Crippen LogP contribution in [0.15, 0.2) is 41.9 Å². The van der Waals surface area contributed by atoms with Gasteiger partial charge in [0.15, 0.2) is 0 Å². The molecule has 1 amide bonds. The van der Waals surface area contributed by atoms with Crippen molar-refractivity contribution >= 4 is 12.1 Å². The minimum Gasteiger partial charge on any atom is -0.507 e. The molecule has 0 saturated heterocycles. The van der Waals surface area contributed by atoms with Crippen molar-refractivity contribution in [2.24, 2.45) is 5.10 Å². The maximum absolute atomic E-state index is 11.8. The first-order valence-electron chi connectivity index (χ1n) is 6.81. The van der Waals surface area contributed by atoms with Crippen LogP contribution >= 0.6 is 0 Å². The van der Waals surface area contributed by atoms with Gasteiger partial charge in [0.05, 0.1) is 12.4 Å². The minimum absolute atomic E-state index is 0.0425. The van der Waals surface area contributed by atoms with Crippen molar-refractivity contribution in [3.63, 3.8) is 0 Å². The molecule has 6 heteroatoms. The number of aromatic nitrogens is 2. The van der Waals surface area contributed by atoms with Crippen LogP contribution in [0.2, 0.25) is 0 Å². The number of rotatable bonds is 3. The van der Waals surface area contributed by atoms with Gasteiger partial charge in [-0.05, 0) is 23.1 Å². The topological polar surface area (TPSA) is 87.5 Å². The Morgan fingerprint density at radius 3 is 2.73 bits per heavy atom. The number of benzene rings is 1. The summed E-state index contributed by atoms with van der Waals surface area (Å²) in [7, 11) is 0. The lowest BCUT2D eigenvalue weighted by Crippen LogP contribution is -2.19. The van der Waals surface area contributed by atoms with E-state index in [4.69, 9.17) is 0 Å². The van der Waals surface area contributed by atoms with Gasteiger partial charge in [0.25, 0.3) is 5.91 Å². The van der Waals surface area contributed by atoms with Crippen molar-refractivity contribution < 1.29 is 9.90 Å². The number of hydrazone groups is 1. The van der Waals surface area contributed by atoms with Gasteiger partial charge in [-0.3, -0.25) is 9.78 Å². The van der Waals surface area contributed by atoms with E-state index < -0.39 is 5.91 Å². The van der Waals surface area contributed by atoms with Crippen molar-refractivity contribution in [3.05, 3.63) is 53.6 Å². The number of nitrogens with zero attached hydrogens (tertiary/aromatic N) is 3. The lowest BCUT2D eigenvalue weighted by Gasteiger charge is -2.19. The van der Waals surface area contributed by atoms with E-state index in [1.165, 1.54) is 24.8 Å². The van der Waals surface area contributed by atoms with Crippen LogP contribution in [-0.4, -0.2) is 27.2 Å². The van der Waals surface area contributed by atoms with Crippen molar-refractivity contribution in [2.45, 2.75) is 26.2 Å². The average Bonchev–Trinajstić information content (AvgIpc) is 2.48. The monoisotopic (exact) mass is 298 g/mol. The Bertz CT molecular complexity index is 691. The number of phenolic OH excluding ortho intramolecular Hbond substituents is 1. The molecular formula is C16H18N4O2. The maximum Gasteiger partial charge on any atom is 0.291 e. The number of amides is 1. The Balaban J connectivity index is 2.12. The predicted octanol–water partition coefficient (Wildman–Crippen LogP) is 2.24. The second kappa shape index (κ2) is 6.34. The van der Waals surface area contributed by atoms with Crippen molar-refractivity contribution in [2.75, 3.05) is 0 Å². The Morgan fingerprint density at radius 1 is 1.32 bits per heavy atom. The summed E-state index contributed by atoms with van der Waals surface area (Å²) in [6.07, 6.45) is 5.66. The van der Waals surface area contributed by atoms with Crippen LogP contribution in [0.25, 0.3) is 0 Å². The van der Waals surface area contributed by atoms with E-state index in [1.54, 1.807) is 6.07 Å². The summed E-state index contributed by atoms with van der Waals surface area (Å²) in [4.78, 5) is 19.4. The van der Waals surface area contributed by atoms with Crippen LogP contribution in [0.1, 0.15) is 42.4 Å². The van der Waals surface area contributed by atoms with Crippen molar-refractivity contribution in [1.82, 2.24) is 15.4 Å². The molecule has 22 heavy (non-hydrogen) atoms. The van der Waals surface area contributed by atoms with E-state index in [0.717, 1.165) is 5.56 Å². The molecule has 0 atom stereocenters. The molecule has 6 nitrogen and oxygen atoms in total. The van der Waals surface area contributed by atoms with E-state index in [1.807, 2.05) is 12.1 Å². The van der Waals surface area contributed by atoms with Gasteiger partial charge in [0.2, 0.25) is 0 Å². The Kier molecular flexibility index (Phi) is 4.50. The second-order valence-electron chi connectivity index (χ2n) is 5.81. The Labute approximate surface area is 128 Å². The molecule has 0 radical (unpaired) electrons. The summed E-state index contributed by atoms with van der Waals surface area (Å²) in [6.45, 7) is 6.24. The fraction of sp³-hybridized carbons (Fsp3) is 0.250. The average molecular weight is 298 g/mol. The molecule has 1 aromatic carbocycles. The summed E-state index contributed by atoms with van der Waals surface area (Å²) >= 11 is 0. The zero-order valence-electron chi connectivity index (χ0n) is 12.7. The van der Waals surface area contributed by atoms with E-state index in [0.29, 0.717) is 5.56 Å². The highest BCUT2D eigenvalue weighted by Gasteiger charge is 2.14. The lowest BCUT2D eigenvalue weighted by molar-refractivity contribution is 0.0949. The second-order valence-corrected chi connectivity index (χ2v) is 5.81. The summed E-state index contributed by atoms with van der Waals surface area (Å²) < 4.78 is 0. The first-order valence-corrected chi connectivity index (χ1v) is 6.81. The van der Waals surface area contributed by atoms with Crippen molar-refractivity contribution in [1.29, 1.82) is 0 Å². The zero-order valence-corrected chi connectivity index (χ0v) is 12.7. The highest BCUT2D eigenvalue weighted by Crippen LogP contribution is 2.26. The van der Waals surface area contributed by atoms with Crippen LogP contribution in [-0.2, 0) is 5.41 Å². The number of hydrogen-bond donors (Lipinski definition) is 2. The number of phenols is 1. The molecule has 0 unspecified atom stereocenters. The molecule has 0 aliphatic heterocycles. The molecular weight excluding hydrogens is 280 g/mol. The number of hydrogen-bond acceptors (Lipinski definition) is 5. The van der Waals surface area contributed by atoms with E-state index in [9.17, 15) is 9.90 Å². The molecule has 2 rings (SSSR count). The third kappa shape index (κ3) is 3.88. The van der Waals surface area contributed by atoms with Gasteiger partial charge >= 0.3 is 0 Å². The smallest absolute Gasteiger partial charge is 0.291 e. The molecule has 0 bridgehead atoms. The predicted molar refractivity (Wildman–Crippen MR) is 83.9 cm³/mol. The van der Waals surface area contributed by atoms with Gasteiger partial charge < -0.3 is 5.11 Å². The van der Waals surface area contributed by atoms with Gasteiger partial charge in [0, 0.05) is 18.0 Å². The summed E-state index contributed by atoms with van der Waals surface area (Å²) in [5.74, 6) is -0.360. The van der Waals surface area contributed by atoms with E-state index >= 15 is 0 Å². The summed E-state index contributed by atoms with van der Waals surface area (Å²) in [5, 5.41) is 13.7. The molecule has 0 fully saturated rings. The summed E-state index contributed by atoms with van der Waals surface area (Å²) in [6, 6.07) is 5.32. The summed E-state index contributed by atoms with van der Waals surface area (Å²) in [5.41, 5.74) is 4.08. The molecule has 0 aliphatic carbocycles. The van der Waals surface area contributed by atoms with Crippen LogP contribution in [0, 0.1) is 0 Å². The third-order valence-electron chi connectivity index (χ3n) is 3.06. The number of carbonyl (C=O) groups is 1. The molecule has 0 spiro atoms. The van der Waals surface area contributed by atoms with Crippen molar-refractivity contribution in [3.8, 4) is 5.75 Å². The zero-order chi connectivity index (χ0) is 16.2.